The van der Waals surface area contributed by atoms with E-state index >= 15 is 0 Å². The molecule has 3 aromatic carbocycles. The number of aryl methyl sites for hydroxylation is 1. The van der Waals surface area contributed by atoms with Crippen molar-refractivity contribution in [1.29, 1.82) is 0 Å². The van der Waals surface area contributed by atoms with Gasteiger partial charge in [-0.3, -0.25) is 9.59 Å². The Bertz CT molecular complexity index is 1350. The van der Waals surface area contributed by atoms with E-state index in [9.17, 15) is 14.4 Å². The third-order valence-corrected chi connectivity index (χ3v) is 5.88. The van der Waals surface area contributed by atoms with Crippen molar-refractivity contribution in [3.63, 3.8) is 0 Å². The quantitative estimate of drug-likeness (QED) is 0.226. The van der Waals surface area contributed by atoms with Crippen LogP contribution in [0.2, 0.25) is 15.1 Å². The topological polar surface area (TPSA) is 75.7 Å². The third-order valence-electron chi connectivity index (χ3n) is 4.86. The van der Waals surface area contributed by atoms with E-state index < -0.39 is 17.8 Å². The first kappa shape index (κ1) is 24.1. The molecule has 1 aliphatic rings. The summed E-state index contributed by atoms with van der Waals surface area (Å²) in [5.41, 5.74) is 1.51. The number of halogens is 4. The van der Waals surface area contributed by atoms with Gasteiger partial charge in [0.2, 0.25) is 0 Å². The maximum Gasteiger partial charge on any atom is 0.343 e. The van der Waals surface area contributed by atoms with Gasteiger partial charge in [-0.2, -0.15) is 0 Å². The Morgan fingerprint density at radius 2 is 1.47 bits per heavy atom. The molecule has 1 N–H and O–H groups in total. The lowest BCUT2D eigenvalue weighted by molar-refractivity contribution is -0.120. The van der Waals surface area contributed by atoms with E-state index in [2.05, 4.69) is 5.32 Å². The summed E-state index contributed by atoms with van der Waals surface area (Å²) in [6, 6.07) is 15.4. The minimum atomic E-state index is -0.717. The molecule has 10 heteroatoms. The number of hydrogen-bond acceptors (Lipinski definition) is 5. The van der Waals surface area contributed by atoms with Crippen LogP contribution in [0, 0.1) is 6.92 Å². The second-order valence-corrected chi connectivity index (χ2v) is 8.95. The maximum atomic E-state index is 12.9. The number of esters is 1. The standard InChI is InChI=1S/C24H14Cl4N2O4/c1-12-8-14(25)4-7-19(12)34-24(33)13-2-5-17(6-3-13)29-21-20(28)22(31)30(23(21)32)18-10-15(26)9-16(27)11-18/h2-11,29H,1H3. The summed E-state index contributed by atoms with van der Waals surface area (Å²) in [5, 5.41) is 3.61. The SMILES string of the molecule is Cc1cc(Cl)ccc1OC(=O)c1ccc(NC2=C(Cl)C(=O)N(c3cc(Cl)cc(Cl)c3)C2=O)cc1. The van der Waals surface area contributed by atoms with Crippen LogP contribution in [0.5, 0.6) is 5.75 Å². The maximum absolute atomic E-state index is 12.9. The van der Waals surface area contributed by atoms with Gasteiger partial charge in [-0.15, -0.1) is 0 Å². The Kier molecular flexibility index (Phi) is 6.86. The van der Waals surface area contributed by atoms with Crippen molar-refractivity contribution in [3.8, 4) is 5.75 Å². The van der Waals surface area contributed by atoms with Crippen molar-refractivity contribution in [1.82, 2.24) is 0 Å². The van der Waals surface area contributed by atoms with Crippen LogP contribution in [-0.4, -0.2) is 17.8 Å². The molecule has 0 aliphatic carbocycles. The average molecular weight is 536 g/mol. The Balaban J connectivity index is 1.50. The van der Waals surface area contributed by atoms with Crippen molar-refractivity contribution < 1.29 is 19.1 Å². The number of nitrogens with one attached hydrogen (secondary N) is 1. The monoisotopic (exact) mass is 534 g/mol. The van der Waals surface area contributed by atoms with Crippen LogP contribution in [0.15, 0.2) is 71.4 Å². The van der Waals surface area contributed by atoms with Gasteiger partial charge in [-0.1, -0.05) is 46.4 Å². The number of anilines is 2. The van der Waals surface area contributed by atoms with Gasteiger partial charge in [-0.05, 0) is 73.2 Å². The number of hydrogen-bond donors (Lipinski definition) is 1. The average Bonchev–Trinajstić information content (AvgIpc) is 2.98. The highest BCUT2D eigenvalue weighted by atomic mass is 35.5. The van der Waals surface area contributed by atoms with Crippen LogP contribution < -0.4 is 15.0 Å². The second-order valence-electron chi connectivity index (χ2n) is 7.26. The molecule has 3 aromatic rings. The first-order chi connectivity index (χ1) is 16.1. The van der Waals surface area contributed by atoms with E-state index in [4.69, 9.17) is 51.1 Å². The number of rotatable bonds is 5. The van der Waals surface area contributed by atoms with Gasteiger partial charge < -0.3 is 10.1 Å². The molecule has 172 valence electrons. The molecule has 1 heterocycles. The number of carbonyl (C=O) groups excluding carboxylic acids is 3. The molecule has 1 aliphatic heterocycles. The zero-order valence-electron chi connectivity index (χ0n) is 17.4. The van der Waals surface area contributed by atoms with Gasteiger partial charge in [0.05, 0.1) is 11.3 Å². The van der Waals surface area contributed by atoms with Crippen LogP contribution in [0.1, 0.15) is 15.9 Å². The highest BCUT2D eigenvalue weighted by Crippen LogP contribution is 2.33. The summed E-state index contributed by atoms with van der Waals surface area (Å²) in [7, 11) is 0. The van der Waals surface area contributed by atoms with Crippen molar-refractivity contribution >= 4 is 75.6 Å². The Labute approximate surface area is 214 Å². The molecule has 0 unspecified atom stereocenters. The van der Waals surface area contributed by atoms with Crippen LogP contribution in [0.3, 0.4) is 0 Å². The molecular weight excluding hydrogens is 522 g/mol. The van der Waals surface area contributed by atoms with Gasteiger partial charge in [0.25, 0.3) is 11.8 Å². The number of imide groups is 1. The molecule has 0 radical (unpaired) electrons. The zero-order chi connectivity index (χ0) is 24.6. The smallest absolute Gasteiger partial charge is 0.343 e. The number of amides is 2. The Hall–Kier alpha value is -3.03. The van der Waals surface area contributed by atoms with E-state index in [-0.39, 0.29) is 32.0 Å². The van der Waals surface area contributed by atoms with Crippen LogP contribution >= 0.6 is 46.4 Å². The van der Waals surface area contributed by atoms with Crippen molar-refractivity contribution in [2.24, 2.45) is 0 Å². The van der Waals surface area contributed by atoms with E-state index in [0.717, 1.165) is 10.5 Å². The number of nitrogens with zero attached hydrogens (tertiary/aromatic N) is 1. The molecule has 0 atom stereocenters. The van der Waals surface area contributed by atoms with Crippen LogP contribution in [0.25, 0.3) is 0 Å². The summed E-state index contributed by atoms with van der Waals surface area (Å²) in [6.45, 7) is 1.78. The molecule has 0 bridgehead atoms. The van der Waals surface area contributed by atoms with E-state index in [1.807, 2.05) is 0 Å². The van der Waals surface area contributed by atoms with Crippen molar-refractivity contribution in [3.05, 3.63) is 97.6 Å². The fourth-order valence-corrected chi connectivity index (χ4v) is 4.19. The minimum Gasteiger partial charge on any atom is -0.423 e. The lowest BCUT2D eigenvalue weighted by atomic mass is 10.2. The molecule has 0 spiro atoms. The Morgan fingerprint density at radius 3 is 2.09 bits per heavy atom. The molecular formula is C24H14Cl4N2O4. The summed E-state index contributed by atoms with van der Waals surface area (Å²) in [6.07, 6.45) is 0. The van der Waals surface area contributed by atoms with Gasteiger partial charge in [0, 0.05) is 20.8 Å². The Morgan fingerprint density at radius 1 is 0.824 bits per heavy atom. The third kappa shape index (κ3) is 4.91. The van der Waals surface area contributed by atoms with E-state index in [1.165, 1.54) is 30.3 Å². The highest BCUT2D eigenvalue weighted by molar-refractivity contribution is 6.53. The first-order valence-corrected chi connectivity index (χ1v) is 11.3. The predicted molar refractivity (Wildman–Crippen MR) is 133 cm³/mol. The van der Waals surface area contributed by atoms with Gasteiger partial charge in [0.15, 0.2) is 0 Å². The van der Waals surface area contributed by atoms with E-state index in [0.29, 0.717) is 16.5 Å². The molecule has 34 heavy (non-hydrogen) atoms. The molecule has 0 aromatic heterocycles. The number of carbonyl (C=O) groups is 3. The number of benzene rings is 3. The minimum absolute atomic E-state index is 0.116. The number of ether oxygens (including phenoxy) is 1. The van der Waals surface area contributed by atoms with Crippen molar-refractivity contribution in [2.75, 3.05) is 10.2 Å². The van der Waals surface area contributed by atoms with Crippen LogP contribution in [-0.2, 0) is 9.59 Å². The molecule has 0 saturated carbocycles. The van der Waals surface area contributed by atoms with Crippen LogP contribution in [0.4, 0.5) is 11.4 Å². The normalized spacial score (nSPS) is 13.5. The highest BCUT2D eigenvalue weighted by Gasteiger charge is 2.39. The molecule has 0 fully saturated rings. The predicted octanol–water partition coefficient (Wildman–Crippen LogP) is 6.61. The van der Waals surface area contributed by atoms with Gasteiger partial charge in [0.1, 0.15) is 16.5 Å². The van der Waals surface area contributed by atoms with Crippen molar-refractivity contribution in [2.45, 2.75) is 6.92 Å². The lowest BCUT2D eigenvalue weighted by Crippen LogP contribution is -2.32. The summed E-state index contributed by atoms with van der Waals surface area (Å²) in [4.78, 5) is 38.9. The fourth-order valence-electron chi connectivity index (χ4n) is 3.23. The summed E-state index contributed by atoms with van der Waals surface area (Å²) < 4.78 is 5.41. The molecule has 4 rings (SSSR count). The largest absolute Gasteiger partial charge is 0.423 e. The van der Waals surface area contributed by atoms with Gasteiger partial charge in [-0.25, -0.2) is 9.69 Å². The van der Waals surface area contributed by atoms with E-state index in [1.54, 1.807) is 37.3 Å². The summed E-state index contributed by atoms with van der Waals surface area (Å²) in [5.74, 6) is -1.56. The second kappa shape index (κ2) is 9.68. The molecule has 0 saturated heterocycles. The zero-order valence-corrected chi connectivity index (χ0v) is 20.4. The fraction of sp³-hybridized carbons (Fsp3) is 0.0417. The summed E-state index contributed by atoms with van der Waals surface area (Å²) >= 11 is 24.1. The molecule has 2 amide bonds. The molecule has 6 nitrogen and oxygen atoms in total. The lowest BCUT2D eigenvalue weighted by Gasteiger charge is -2.16. The van der Waals surface area contributed by atoms with Gasteiger partial charge >= 0.3 is 5.97 Å². The first-order valence-electron chi connectivity index (χ1n) is 9.74.